The van der Waals surface area contributed by atoms with E-state index in [4.69, 9.17) is 4.74 Å². The number of imide groups is 1. The van der Waals surface area contributed by atoms with Crippen molar-refractivity contribution < 1.29 is 24.2 Å². The Morgan fingerprint density at radius 1 is 1.17 bits per heavy atom. The summed E-state index contributed by atoms with van der Waals surface area (Å²) in [6, 6.07) is -0.630. The lowest BCUT2D eigenvalue weighted by Crippen LogP contribution is -2.56. The summed E-state index contributed by atoms with van der Waals surface area (Å²) in [6.45, 7) is -0.459. The first-order valence-corrected chi connectivity index (χ1v) is 8.21. The predicted molar refractivity (Wildman–Crippen MR) is 80.2 cm³/mol. The van der Waals surface area contributed by atoms with E-state index in [-0.39, 0.29) is 11.8 Å². The van der Waals surface area contributed by atoms with E-state index in [0.29, 0.717) is 18.3 Å². The molecule has 0 aromatic heterocycles. The van der Waals surface area contributed by atoms with E-state index < -0.39 is 30.1 Å². The molecule has 0 aromatic carbocycles. The number of amides is 3. The minimum absolute atomic E-state index is 0.173. The topological polar surface area (TPSA) is 105 Å². The summed E-state index contributed by atoms with van der Waals surface area (Å²) in [6.07, 6.45) is 5.70. The molecule has 4 fully saturated rings. The molecule has 4 aliphatic rings. The molecular weight excluding hydrogens is 300 g/mol. The Morgan fingerprint density at radius 2 is 1.83 bits per heavy atom. The second-order valence-electron chi connectivity index (χ2n) is 7.65. The highest BCUT2D eigenvalue weighted by molar-refractivity contribution is 5.95. The SMILES string of the molecule is CNC(=O)NC(=O)COC(=O)CC12C[C@@H]3C[C@H](CC(O)(C3)C1)C2. The number of carbonyl (C=O) groups excluding carboxylic acids is 3. The first kappa shape index (κ1) is 16.2. The van der Waals surface area contributed by atoms with Crippen molar-refractivity contribution in [2.45, 2.75) is 50.5 Å². The first-order chi connectivity index (χ1) is 10.8. The zero-order chi connectivity index (χ0) is 16.7. The number of rotatable bonds is 4. The molecule has 0 unspecified atom stereocenters. The first-order valence-electron chi connectivity index (χ1n) is 8.21. The fourth-order valence-corrected chi connectivity index (χ4v) is 5.34. The van der Waals surface area contributed by atoms with Gasteiger partial charge >= 0.3 is 12.0 Å². The van der Waals surface area contributed by atoms with Crippen LogP contribution in [0, 0.1) is 17.3 Å². The van der Waals surface area contributed by atoms with Crippen LogP contribution in [0.4, 0.5) is 4.79 Å². The van der Waals surface area contributed by atoms with Gasteiger partial charge in [-0.3, -0.25) is 14.9 Å². The standard InChI is InChI=1S/C16H24N2O5/c1-17-14(21)18-12(19)8-23-13(20)7-15-3-10-2-11(4-15)6-16(22,5-10)9-15/h10-11,22H,2-9H2,1H3,(H2,17,18,19,21)/t10-,11-,15?,16?/m0/s1. The molecule has 0 aliphatic heterocycles. The highest BCUT2D eigenvalue weighted by atomic mass is 16.5. The summed E-state index contributed by atoms with van der Waals surface area (Å²) < 4.78 is 5.01. The highest BCUT2D eigenvalue weighted by Crippen LogP contribution is 2.62. The number of hydrogen-bond donors (Lipinski definition) is 3. The van der Waals surface area contributed by atoms with Gasteiger partial charge < -0.3 is 15.2 Å². The van der Waals surface area contributed by atoms with Crippen molar-refractivity contribution >= 4 is 17.9 Å². The Labute approximate surface area is 135 Å². The Balaban J connectivity index is 1.52. The van der Waals surface area contributed by atoms with Crippen LogP contribution in [-0.2, 0) is 14.3 Å². The molecule has 128 valence electrons. The Hall–Kier alpha value is -1.63. The lowest BCUT2D eigenvalue weighted by molar-refractivity contribution is -0.177. The number of aliphatic hydroxyl groups is 1. The molecule has 3 amide bonds. The maximum absolute atomic E-state index is 12.1. The van der Waals surface area contributed by atoms with Crippen LogP contribution in [0.2, 0.25) is 0 Å². The van der Waals surface area contributed by atoms with Gasteiger partial charge in [-0.25, -0.2) is 4.79 Å². The second kappa shape index (κ2) is 5.78. The van der Waals surface area contributed by atoms with Gasteiger partial charge in [0.1, 0.15) is 0 Å². The fraction of sp³-hybridized carbons (Fsp3) is 0.812. The van der Waals surface area contributed by atoms with E-state index in [1.54, 1.807) is 0 Å². The third-order valence-corrected chi connectivity index (χ3v) is 5.51. The zero-order valence-corrected chi connectivity index (χ0v) is 13.4. The number of esters is 1. The van der Waals surface area contributed by atoms with E-state index in [1.165, 1.54) is 7.05 Å². The van der Waals surface area contributed by atoms with Crippen molar-refractivity contribution in [2.75, 3.05) is 13.7 Å². The molecular formula is C16H24N2O5. The molecule has 4 aliphatic carbocycles. The maximum atomic E-state index is 12.1. The number of hydrogen-bond acceptors (Lipinski definition) is 5. The van der Waals surface area contributed by atoms with Crippen molar-refractivity contribution in [3.63, 3.8) is 0 Å². The van der Waals surface area contributed by atoms with Crippen LogP contribution >= 0.6 is 0 Å². The van der Waals surface area contributed by atoms with Crippen LogP contribution in [0.5, 0.6) is 0 Å². The molecule has 0 heterocycles. The molecule has 7 heteroatoms. The predicted octanol–water partition coefficient (Wildman–Crippen LogP) is 0.707. The number of carbonyl (C=O) groups is 3. The Bertz CT molecular complexity index is 519. The van der Waals surface area contributed by atoms with Gasteiger partial charge in [0.25, 0.3) is 5.91 Å². The molecule has 4 rings (SSSR count). The van der Waals surface area contributed by atoms with Gasteiger partial charge in [-0.15, -0.1) is 0 Å². The molecule has 0 saturated heterocycles. The van der Waals surface area contributed by atoms with Crippen LogP contribution < -0.4 is 10.6 Å². The van der Waals surface area contributed by atoms with Gasteiger partial charge in [-0.2, -0.15) is 0 Å². The fourth-order valence-electron chi connectivity index (χ4n) is 5.34. The van der Waals surface area contributed by atoms with E-state index in [2.05, 4.69) is 5.32 Å². The van der Waals surface area contributed by atoms with Crippen LogP contribution in [0.1, 0.15) is 44.9 Å². The summed E-state index contributed by atoms with van der Waals surface area (Å²) in [5.74, 6) is -0.0688. The van der Waals surface area contributed by atoms with E-state index in [9.17, 15) is 19.5 Å². The summed E-state index contributed by atoms with van der Waals surface area (Å²) in [5, 5.41) is 15.0. The normalized spacial score (nSPS) is 37.3. The number of ether oxygens (including phenoxy) is 1. The molecule has 2 atom stereocenters. The van der Waals surface area contributed by atoms with Gasteiger partial charge in [0.05, 0.1) is 12.0 Å². The summed E-state index contributed by atoms with van der Waals surface area (Å²) in [5.41, 5.74) is -0.784. The van der Waals surface area contributed by atoms with Crippen molar-refractivity contribution in [1.82, 2.24) is 10.6 Å². The smallest absolute Gasteiger partial charge is 0.321 e. The molecule has 23 heavy (non-hydrogen) atoms. The number of urea groups is 1. The Kier molecular flexibility index (Phi) is 4.08. The van der Waals surface area contributed by atoms with Gasteiger partial charge in [-0.05, 0) is 55.8 Å². The van der Waals surface area contributed by atoms with Crippen LogP contribution in [0.3, 0.4) is 0 Å². The third-order valence-electron chi connectivity index (χ3n) is 5.51. The van der Waals surface area contributed by atoms with Gasteiger partial charge in [0, 0.05) is 7.05 Å². The van der Waals surface area contributed by atoms with Crippen LogP contribution in [0.15, 0.2) is 0 Å². The van der Waals surface area contributed by atoms with Crippen LogP contribution in [-0.4, -0.2) is 42.3 Å². The molecule has 4 saturated carbocycles. The van der Waals surface area contributed by atoms with Crippen molar-refractivity contribution in [3.05, 3.63) is 0 Å². The summed E-state index contributed by atoms with van der Waals surface area (Å²) in [7, 11) is 1.40. The molecule has 7 nitrogen and oxygen atoms in total. The van der Waals surface area contributed by atoms with Crippen LogP contribution in [0.25, 0.3) is 0 Å². The quantitative estimate of drug-likeness (QED) is 0.661. The third kappa shape index (κ3) is 3.49. The maximum Gasteiger partial charge on any atom is 0.321 e. The lowest BCUT2D eigenvalue weighted by atomic mass is 9.47. The minimum Gasteiger partial charge on any atom is -0.456 e. The van der Waals surface area contributed by atoms with Crippen molar-refractivity contribution in [1.29, 1.82) is 0 Å². The molecule has 0 spiro atoms. The minimum atomic E-state index is -0.651. The molecule has 0 radical (unpaired) electrons. The van der Waals surface area contributed by atoms with Gasteiger partial charge in [0.15, 0.2) is 6.61 Å². The van der Waals surface area contributed by atoms with E-state index >= 15 is 0 Å². The van der Waals surface area contributed by atoms with E-state index in [0.717, 1.165) is 32.1 Å². The average molecular weight is 324 g/mol. The van der Waals surface area contributed by atoms with Crippen molar-refractivity contribution in [2.24, 2.45) is 17.3 Å². The monoisotopic (exact) mass is 324 g/mol. The zero-order valence-electron chi connectivity index (χ0n) is 13.4. The van der Waals surface area contributed by atoms with Crippen molar-refractivity contribution in [3.8, 4) is 0 Å². The van der Waals surface area contributed by atoms with Gasteiger partial charge in [0.2, 0.25) is 0 Å². The second-order valence-corrected chi connectivity index (χ2v) is 7.65. The summed E-state index contributed by atoms with van der Waals surface area (Å²) in [4.78, 5) is 34.5. The molecule has 4 bridgehead atoms. The molecule has 3 N–H and O–H groups in total. The average Bonchev–Trinajstić information content (AvgIpc) is 2.41. The lowest BCUT2D eigenvalue weighted by Gasteiger charge is -2.60. The highest BCUT2D eigenvalue weighted by Gasteiger charge is 2.57. The Morgan fingerprint density at radius 3 is 2.39 bits per heavy atom. The summed E-state index contributed by atoms with van der Waals surface area (Å²) >= 11 is 0. The van der Waals surface area contributed by atoms with E-state index in [1.807, 2.05) is 5.32 Å². The number of nitrogens with one attached hydrogen (secondary N) is 2. The largest absolute Gasteiger partial charge is 0.456 e. The molecule has 0 aromatic rings. The van der Waals surface area contributed by atoms with Gasteiger partial charge in [-0.1, -0.05) is 0 Å².